The van der Waals surface area contributed by atoms with E-state index in [4.69, 9.17) is 13.0 Å². The summed E-state index contributed by atoms with van der Waals surface area (Å²) in [4.78, 5) is 0. The Morgan fingerprint density at radius 2 is 0.826 bits per heavy atom. The van der Waals surface area contributed by atoms with E-state index in [1.54, 1.807) is 0 Å². The molecule has 0 saturated carbocycles. The fourth-order valence-corrected chi connectivity index (χ4v) is 10.5. The number of hydrogen-bond acceptors (Lipinski definition) is 3. The SMILES string of the molecule is CCCC(CCC)O[Si](C)(C)O[Si](C)(C)OC(CCC)CCC. The molecule has 0 fully saturated rings. The fourth-order valence-electron chi connectivity index (χ4n) is 3.26. The quantitative estimate of drug-likeness (QED) is 0.336. The summed E-state index contributed by atoms with van der Waals surface area (Å²) in [6.07, 6.45) is 9.88. The van der Waals surface area contributed by atoms with Crippen LogP contribution in [0.4, 0.5) is 0 Å². The zero-order chi connectivity index (χ0) is 17.9. The van der Waals surface area contributed by atoms with Gasteiger partial charge in [0.05, 0.1) is 0 Å². The van der Waals surface area contributed by atoms with Gasteiger partial charge in [0, 0.05) is 12.2 Å². The molecule has 0 aliphatic heterocycles. The van der Waals surface area contributed by atoms with Gasteiger partial charge in [0.2, 0.25) is 0 Å². The summed E-state index contributed by atoms with van der Waals surface area (Å²) >= 11 is 0. The second-order valence-electron chi connectivity index (χ2n) is 7.54. The molecule has 0 saturated heterocycles. The Kier molecular flexibility index (Phi) is 12.0. The summed E-state index contributed by atoms with van der Waals surface area (Å²) in [7, 11) is -4.30. The lowest BCUT2D eigenvalue weighted by molar-refractivity contribution is 0.102. The molecule has 140 valence electrons. The van der Waals surface area contributed by atoms with Gasteiger partial charge in [-0.2, -0.15) is 0 Å². The summed E-state index contributed by atoms with van der Waals surface area (Å²) in [5.41, 5.74) is 0. The van der Waals surface area contributed by atoms with E-state index >= 15 is 0 Å². The Morgan fingerprint density at radius 1 is 0.565 bits per heavy atom. The predicted molar refractivity (Wildman–Crippen MR) is 105 cm³/mol. The summed E-state index contributed by atoms with van der Waals surface area (Å²) in [5, 5.41) is 0. The molecule has 0 aliphatic carbocycles. The first-order valence-corrected chi connectivity index (χ1v) is 15.4. The second-order valence-corrected chi connectivity index (χ2v) is 14.4. The highest BCUT2D eigenvalue weighted by Gasteiger charge is 2.39. The van der Waals surface area contributed by atoms with E-state index in [9.17, 15) is 0 Å². The molecular weight excluding hydrogens is 320 g/mol. The Labute approximate surface area is 148 Å². The van der Waals surface area contributed by atoms with E-state index in [-0.39, 0.29) is 0 Å². The van der Waals surface area contributed by atoms with Crippen molar-refractivity contribution in [2.45, 2.75) is 117 Å². The van der Waals surface area contributed by atoms with E-state index in [2.05, 4.69) is 53.9 Å². The minimum Gasteiger partial charge on any atom is -0.415 e. The minimum atomic E-state index is -2.15. The molecule has 0 unspecified atom stereocenters. The third-order valence-electron chi connectivity index (χ3n) is 3.84. The van der Waals surface area contributed by atoms with Crippen molar-refractivity contribution >= 4 is 17.1 Å². The Balaban J connectivity index is 4.68. The van der Waals surface area contributed by atoms with Crippen LogP contribution in [0.25, 0.3) is 0 Å². The van der Waals surface area contributed by atoms with Crippen LogP contribution in [0.15, 0.2) is 0 Å². The highest BCUT2D eigenvalue weighted by molar-refractivity contribution is 6.78. The van der Waals surface area contributed by atoms with Crippen molar-refractivity contribution in [3.63, 3.8) is 0 Å². The first kappa shape index (κ1) is 23.3. The normalized spacial score (nSPS) is 13.3. The molecule has 0 aromatic heterocycles. The molecule has 0 aromatic rings. The summed E-state index contributed by atoms with van der Waals surface area (Å²) in [6, 6.07) is 0. The van der Waals surface area contributed by atoms with Crippen LogP contribution in [0.1, 0.15) is 79.1 Å². The molecule has 23 heavy (non-hydrogen) atoms. The Morgan fingerprint density at radius 3 is 1.04 bits per heavy atom. The van der Waals surface area contributed by atoms with Crippen LogP contribution in [0, 0.1) is 0 Å². The second kappa shape index (κ2) is 11.8. The van der Waals surface area contributed by atoms with Gasteiger partial charge in [-0.3, -0.25) is 0 Å². The highest BCUT2D eigenvalue weighted by atomic mass is 28.5. The van der Waals surface area contributed by atoms with Crippen LogP contribution in [0.5, 0.6) is 0 Å². The van der Waals surface area contributed by atoms with Crippen molar-refractivity contribution in [3.05, 3.63) is 0 Å². The molecule has 0 spiro atoms. The first-order chi connectivity index (χ1) is 10.7. The van der Waals surface area contributed by atoms with Gasteiger partial charge in [-0.05, 0) is 51.9 Å². The topological polar surface area (TPSA) is 27.7 Å². The monoisotopic (exact) mass is 362 g/mol. The first-order valence-electron chi connectivity index (χ1n) is 9.75. The molecular formula is C18H42O3Si2. The lowest BCUT2D eigenvalue weighted by Crippen LogP contribution is -2.51. The van der Waals surface area contributed by atoms with Gasteiger partial charge in [0.15, 0.2) is 0 Å². The molecule has 0 bridgehead atoms. The van der Waals surface area contributed by atoms with E-state index in [0.29, 0.717) is 12.2 Å². The van der Waals surface area contributed by atoms with E-state index in [0.717, 1.165) is 25.7 Å². The molecule has 0 rings (SSSR count). The minimum absolute atomic E-state index is 0.346. The van der Waals surface area contributed by atoms with Gasteiger partial charge in [0.25, 0.3) is 0 Å². The van der Waals surface area contributed by atoms with Crippen molar-refractivity contribution in [1.29, 1.82) is 0 Å². The molecule has 0 amide bonds. The summed E-state index contributed by atoms with van der Waals surface area (Å²) < 4.78 is 19.4. The Hall–Kier alpha value is 0.314. The van der Waals surface area contributed by atoms with Gasteiger partial charge in [-0.25, -0.2) is 0 Å². The average Bonchev–Trinajstić information content (AvgIpc) is 2.37. The molecule has 0 radical (unpaired) electrons. The van der Waals surface area contributed by atoms with Crippen molar-refractivity contribution in [1.82, 2.24) is 0 Å². The Bertz CT molecular complexity index is 256. The summed E-state index contributed by atoms with van der Waals surface area (Å²) in [5.74, 6) is 0. The molecule has 0 heterocycles. The predicted octanol–water partition coefficient (Wildman–Crippen LogP) is 6.38. The average molecular weight is 363 g/mol. The van der Waals surface area contributed by atoms with E-state index in [1.165, 1.54) is 25.7 Å². The van der Waals surface area contributed by atoms with Crippen LogP contribution >= 0.6 is 0 Å². The molecule has 5 heteroatoms. The van der Waals surface area contributed by atoms with Crippen LogP contribution in [0.2, 0.25) is 26.2 Å². The molecule has 0 atom stereocenters. The third-order valence-corrected chi connectivity index (χ3v) is 9.57. The standard InChI is InChI=1S/C18H42O3Si2/c1-9-13-17(14-10-2)19-22(5,6)21-23(7,8)20-18(15-11-3)16-12-4/h17-18H,9-16H2,1-8H3. The fraction of sp³-hybridized carbons (Fsp3) is 1.00. The lowest BCUT2D eigenvalue weighted by atomic mass is 10.1. The van der Waals surface area contributed by atoms with Gasteiger partial charge in [-0.15, -0.1) is 0 Å². The van der Waals surface area contributed by atoms with Crippen molar-refractivity contribution in [3.8, 4) is 0 Å². The number of hydrogen-bond donors (Lipinski definition) is 0. The van der Waals surface area contributed by atoms with E-state index < -0.39 is 17.1 Å². The third kappa shape index (κ3) is 11.5. The van der Waals surface area contributed by atoms with Crippen LogP contribution in [-0.2, 0) is 13.0 Å². The lowest BCUT2D eigenvalue weighted by Gasteiger charge is -2.37. The maximum Gasteiger partial charge on any atom is 0.323 e. The smallest absolute Gasteiger partial charge is 0.323 e. The zero-order valence-electron chi connectivity index (χ0n) is 17.0. The van der Waals surface area contributed by atoms with E-state index in [1.807, 2.05) is 0 Å². The van der Waals surface area contributed by atoms with Crippen LogP contribution in [-0.4, -0.2) is 29.3 Å². The molecule has 3 nitrogen and oxygen atoms in total. The summed E-state index contributed by atoms with van der Waals surface area (Å²) in [6.45, 7) is 17.6. The molecule has 0 N–H and O–H groups in total. The van der Waals surface area contributed by atoms with Gasteiger partial charge in [0.1, 0.15) is 0 Å². The van der Waals surface area contributed by atoms with Gasteiger partial charge < -0.3 is 13.0 Å². The van der Waals surface area contributed by atoms with Gasteiger partial charge >= 0.3 is 17.1 Å². The highest BCUT2D eigenvalue weighted by Crippen LogP contribution is 2.24. The maximum absolute atomic E-state index is 6.50. The largest absolute Gasteiger partial charge is 0.415 e. The van der Waals surface area contributed by atoms with Crippen molar-refractivity contribution in [2.75, 3.05) is 0 Å². The molecule has 0 aromatic carbocycles. The number of rotatable bonds is 14. The van der Waals surface area contributed by atoms with Gasteiger partial charge in [-0.1, -0.05) is 53.4 Å². The van der Waals surface area contributed by atoms with Crippen LogP contribution in [0.3, 0.4) is 0 Å². The van der Waals surface area contributed by atoms with Crippen molar-refractivity contribution in [2.24, 2.45) is 0 Å². The van der Waals surface area contributed by atoms with Crippen LogP contribution < -0.4 is 0 Å². The van der Waals surface area contributed by atoms with Crippen molar-refractivity contribution < 1.29 is 13.0 Å². The molecule has 0 aliphatic rings. The maximum atomic E-state index is 6.50. The zero-order valence-corrected chi connectivity index (χ0v) is 19.0.